The second-order valence-corrected chi connectivity index (χ2v) is 13.2. The first-order valence-electron chi connectivity index (χ1n) is 16.9. The van der Waals surface area contributed by atoms with Crippen LogP contribution in [0.5, 0.6) is 5.75 Å². The standard InChI is InChI=1S/C36H54N4O5/c1-26-22-40(27(2)25-41)35(42)32-21-31(38-36(43)37-30-16-9-6-10-17-30)18-19-33(32)45-28(3)13-11-12-20-44-34(26)24-39(4)23-29-14-7-5-8-15-29/h6,9-10,16-19,21,26-29,34,41H,5,7-8,11-15,20,22-25H2,1-4H3,(H2,37,38,43)/t26-,27+,28-,34-/m0/s1. The molecule has 45 heavy (non-hydrogen) atoms. The van der Waals surface area contributed by atoms with Crippen molar-refractivity contribution in [2.24, 2.45) is 11.8 Å². The van der Waals surface area contributed by atoms with Gasteiger partial charge in [-0.15, -0.1) is 0 Å². The van der Waals surface area contributed by atoms with E-state index in [1.807, 2.05) is 44.2 Å². The van der Waals surface area contributed by atoms with Gasteiger partial charge in [0.1, 0.15) is 5.75 Å². The number of aliphatic hydroxyl groups is 1. The number of likely N-dealkylation sites (N-methyl/N-ethyl adjacent to an activating group) is 1. The number of nitrogens with one attached hydrogen (secondary N) is 2. The van der Waals surface area contributed by atoms with Crippen LogP contribution < -0.4 is 15.4 Å². The molecule has 1 fully saturated rings. The first-order valence-corrected chi connectivity index (χ1v) is 16.9. The van der Waals surface area contributed by atoms with Gasteiger partial charge in [0.2, 0.25) is 0 Å². The summed E-state index contributed by atoms with van der Waals surface area (Å²) in [5, 5.41) is 15.9. The summed E-state index contributed by atoms with van der Waals surface area (Å²) < 4.78 is 12.9. The summed E-state index contributed by atoms with van der Waals surface area (Å²) in [6.45, 7) is 8.79. The fourth-order valence-electron chi connectivity index (χ4n) is 6.47. The summed E-state index contributed by atoms with van der Waals surface area (Å²) in [7, 11) is 2.19. The summed E-state index contributed by atoms with van der Waals surface area (Å²) in [5.74, 6) is 0.993. The van der Waals surface area contributed by atoms with Gasteiger partial charge in [0.05, 0.1) is 30.4 Å². The third-order valence-corrected chi connectivity index (χ3v) is 9.13. The van der Waals surface area contributed by atoms with Crippen LogP contribution in [-0.4, -0.2) is 85.0 Å². The van der Waals surface area contributed by atoms with Crippen LogP contribution in [0.2, 0.25) is 0 Å². The number of hydrogen-bond donors (Lipinski definition) is 3. The molecule has 1 aliphatic heterocycles. The fourth-order valence-corrected chi connectivity index (χ4v) is 6.47. The van der Waals surface area contributed by atoms with E-state index in [2.05, 4.69) is 29.5 Å². The van der Waals surface area contributed by atoms with E-state index in [1.165, 1.54) is 32.1 Å². The molecule has 0 spiro atoms. The highest BCUT2D eigenvalue weighted by Gasteiger charge is 2.31. The second kappa shape index (κ2) is 17.5. The molecule has 0 saturated heterocycles. The Labute approximate surface area is 269 Å². The van der Waals surface area contributed by atoms with Crippen molar-refractivity contribution in [3.63, 3.8) is 0 Å². The van der Waals surface area contributed by atoms with Gasteiger partial charge in [-0.3, -0.25) is 4.79 Å². The number of nitrogens with zero attached hydrogens (tertiary/aromatic N) is 2. The number of para-hydroxylation sites is 1. The van der Waals surface area contributed by atoms with Gasteiger partial charge in [0, 0.05) is 43.5 Å². The number of carbonyl (C=O) groups is 2. The number of anilines is 2. The molecule has 248 valence electrons. The Morgan fingerprint density at radius 3 is 2.42 bits per heavy atom. The lowest BCUT2D eigenvalue weighted by Crippen LogP contribution is -2.47. The highest BCUT2D eigenvalue weighted by Crippen LogP contribution is 2.29. The number of urea groups is 1. The summed E-state index contributed by atoms with van der Waals surface area (Å²) >= 11 is 0. The van der Waals surface area contributed by atoms with E-state index in [0.29, 0.717) is 35.8 Å². The van der Waals surface area contributed by atoms with Gasteiger partial charge in [-0.25, -0.2) is 4.79 Å². The maximum atomic E-state index is 14.3. The van der Waals surface area contributed by atoms with E-state index in [9.17, 15) is 14.7 Å². The Balaban J connectivity index is 1.56. The predicted octanol–water partition coefficient (Wildman–Crippen LogP) is 6.64. The van der Waals surface area contributed by atoms with Crippen molar-refractivity contribution < 1.29 is 24.2 Å². The van der Waals surface area contributed by atoms with Gasteiger partial charge in [-0.1, -0.05) is 44.4 Å². The molecule has 9 heteroatoms. The molecule has 1 saturated carbocycles. The third-order valence-electron chi connectivity index (χ3n) is 9.13. The highest BCUT2D eigenvalue weighted by atomic mass is 16.5. The molecule has 2 aromatic rings. The zero-order valence-corrected chi connectivity index (χ0v) is 27.7. The number of carbonyl (C=O) groups excluding carboxylic acids is 2. The molecule has 0 radical (unpaired) electrons. The zero-order chi connectivity index (χ0) is 32.2. The van der Waals surface area contributed by atoms with Crippen LogP contribution in [-0.2, 0) is 4.74 Å². The molecule has 2 aromatic carbocycles. The van der Waals surface area contributed by atoms with Gasteiger partial charge < -0.3 is 35.0 Å². The molecule has 4 rings (SSSR count). The van der Waals surface area contributed by atoms with Gasteiger partial charge in [0.25, 0.3) is 5.91 Å². The average molecular weight is 623 g/mol. The highest BCUT2D eigenvalue weighted by molar-refractivity contribution is 6.02. The number of hydrogen-bond acceptors (Lipinski definition) is 6. The lowest BCUT2D eigenvalue weighted by atomic mass is 9.89. The van der Waals surface area contributed by atoms with Crippen LogP contribution in [0.1, 0.15) is 82.5 Å². The lowest BCUT2D eigenvalue weighted by Gasteiger charge is -2.36. The zero-order valence-electron chi connectivity index (χ0n) is 27.7. The first kappa shape index (κ1) is 34.7. The fraction of sp³-hybridized carbons (Fsp3) is 0.611. The minimum Gasteiger partial charge on any atom is -0.490 e. The molecular weight excluding hydrogens is 568 g/mol. The largest absolute Gasteiger partial charge is 0.490 e. The smallest absolute Gasteiger partial charge is 0.323 e. The Kier molecular flexibility index (Phi) is 13.5. The molecule has 1 aliphatic carbocycles. The van der Waals surface area contributed by atoms with Gasteiger partial charge in [0.15, 0.2) is 0 Å². The molecule has 4 atom stereocenters. The van der Waals surface area contributed by atoms with Crippen molar-refractivity contribution in [2.45, 2.75) is 90.4 Å². The number of rotatable bonds is 8. The lowest BCUT2D eigenvalue weighted by molar-refractivity contribution is -0.0190. The van der Waals surface area contributed by atoms with Crippen LogP contribution in [0.3, 0.4) is 0 Å². The van der Waals surface area contributed by atoms with Crippen molar-refractivity contribution in [3.8, 4) is 5.75 Å². The van der Waals surface area contributed by atoms with Crippen LogP contribution in [0, 0.1) is 11.8 Å². The van der Waals surface area contributed by atoms with Gasteiger partial charge in [-0.2, -0.15) is 0 Å². The van der Waals surface area contributed by atoms with E-state index in [1.54, 1.807) is 23.1 Å². The normalized spacial score (nSPS) is 23.0. The Morgan fingerprint density at radius 1 is 0.978 bits per heavy atom. The second-order valence-electron chi connectivity index (χ2n) is 13.2. The number of aliphatic hydroxyl groups excluding tert-OH is 1. The number of benzene rings is 2. The van der Waals surface area contributed by atoms with E-state index in [4.69, 9.17) is 9.47 Å². The van der Waals surface area contributed by atoms with Crippen molar-refractivity contribution in [3.05, 3.63) is 54.1 Å². The topological polar surface area (TPSA) is 103 Å². The molecule has 0 bridgehead atoms. The predicted molar refractivity (Wildman–Crippen MR) is 180 cm³/mol. The SMILES string of the molecule is C[C@H](CO)N1C[C@H](C)[C@H](CN(C)CC2CCCCC2)OCCCC[C@H](C)Oc2ccc(NC(=O)Nc3ccccc3)cc2C1=O. The molecule has 0 unspecified atom stereocenters. The first-order chi connectivity index (χ1) is 21.7. The Bertz CT molecular complexity index is 1210. The number of amides is 3. The minimum absolute atomic E-state index is 0.0287. The summed E-state index contributed by atoms with van der Waals surface area (Å²) in [5.41, 5.74) is 1.50. The monoisotopic (exact) mass is 622 g/mol. The maximum Gasteiger partial charge on any atom is 0.323 e. The molecule has 3 N–H and O–H groups in total. The van der Waals surface area contributed by atoms with Crippen LogP contribution in [0.4, 0.5) is 16.2 Å². The van der Waals surface area contributed by atoms with Crippen molar-refractivity contribution in [2.75, 3.05) is 50.5 Å². The van der Waals surface area contributed by atoms with Crippen molar-refractivity contribution in [1.82, 2.24) is 9.80 Å². The molecular formula is C36H54N4O5. The quantitative estimate of drug-likeness (QED) is 0.305. The molecule has 1 heterocycles. The Hall–Kier alpha value is -3.14. The summed E-state index contributed by atoms with van der Waals surface area (Å²) in [6, 6.07) is 13.5. The molecule has 0 aromatic heterocycles. The third kappa shape index (κ3) is 10.7. The van der Waals surface area contributed by atoms with Crippen LogP contribution >= 0.6 is 0 Å². The van der Waals surface area contributed by atoms with Gasteiger partial charge in [-0.05, 0) is 89.2 Å². The maximum absolute atomic E-state index is 14.3. The van der Waals surface area contributed by atoms with E-state index in [0.717, 1.165) is 38.3 Å². The summed E-state index contributed by atoms with van der Waals surface area (Å²) in [6.07, 6.45) is 9.15. The summed E-state index contributed by atoms with van der Waals surface area (Å²) in [4.78, 5) is 31.2. The van der Waals surface area contributed by atoms with Gasteiger partial charge >= 0.3 is 6.03 Å². The number of ether oxygens (including phenoxy) is 2. The molecule has 2 aliphatic rings. The van der Waals surface area contributed by atoms with Crippen LogP contribution in [0.25, 0.3) is 0 Å². The van der Waals surface area contributed by atoms with E-state index < -0.39 is 12.1 Å². The van der Waals surface area contributed by atoms with Crippen LogP contribution in [0.15, 0.2) is 48.5 Å². The Morgan fingerprint density at radius 2 is 1.69 bits per heavy atom. The minimum atomic E-state index is -0.420. The average Bonchev–Trinajstić information content (AvgIpc) is 3.03. The van der Waals surface area contributed by atoms with E-state index >= 15 is 0 Å². The number of fused-ring (bicyclic) bond motifs is 1. The molecule has 3 amide bonds. The molecule has 9 nitrogen and oxygen atoms in total. The van der Waals surface area contributed by atoms with Crippen molar-refractivity contribution in [1.29, 1.82) is 0 Å². The van der Waals surface area contributed by atoms with E-state index in [-0.39, 0.29) is 30.6 Å². The van der Waals surface area contributed by atoms with Crippen molar-refractivity contribution >= 4 is 23.3 Å².